The van der Waals surface area contributed by atoms with Gasteiger partial charge in [-0.05, 0) is 0 Å². The van der Waals surface area contributed by atoms with E-state index in [0.29, 0.717) is 0 Å². The van der Waals surface area contributed by atoms with Crippen LogP contribution < -0.4 is 0 Å². The molecule has 104 valence electrons. The van der Waals surface area contributed by atoms with Gasteiger partial charge >= 0.3 is 0 Å². The van der Waals surface area contributed by atoms with Crippen molar-refractivity contribution in [1.29, 1.82) is 31.6 Å². The summed E-state index contributed by atoms with van der Waals surface area (Å²) >= 11 is 0. The Kier molecular flexibility index (Phi) is 625. The fourth-order valence-electron chi connectivity index (χ4n) is 0. The van der Waals surface area contributed by atoms with Crippen LogP contribution in [-0.4, -0.2) is 0 Å². The van der Waals surface area contributed by atoms with Gasteiger partial charge in [0, 0.05) is 58.6 Å². The molecule has 19 heavy (non-hydrogen) atoms. The van der Waals surface area contributed by atoms with E-state index in [1.54, 1.807) is 36.4 Å². The van der Waals surface area contributed by atoms with Gasteiger partial charge in [-0.15, -0.1) is 0 Å². The smallest absolute Gasteiger partial charge is 0.0587 e. The van der Waals surface area contributed by atoms with Crippen molar-refractivity contribution in [2.75, 3.05) is 0 Å². The molecular formula is C12H18FeN6. The first-order chi connectivity index (χ1) is 8.49. The number of nitrogens with zero attached hydrogens (tertiary/aromatic N) is 6. The van der Waals surface area contributed by atoms with E-state index in [4.69, 9.17) is 31.6 Å². The topological polar surface area (TPSA) is 143 Å². The third kappa shape index (κ3) is 434. The van der Waals surface area contributed by atoms with Crippen molar-refractivity contribution in [3.8, 4) is 36.4 Å². The molecule has 0 aromatic rings. The normalized spacial score (nSPS) is 2.53. The summed E-state index contributed by atoms with van der Waals surface area (Å²) in [6.07, 6.45) is 0. The number of hydrogen-bond donors (Lipinski definition) is 0. The van der Waals surface area contributed by atoms with Gasteiger partial charge in [0.2, 0.25) is 0 Å². The number of hydrogen-bond acceptors (Lipinski definition) is 6. The van der Waals surface area contributed by atoms with E-state index in [1.165, 1.54) is 41.5 Å². The molecule has 0 saturated heterocycles. The molecule has 0 spiro atoms. The molecule has 6 nitrogen and oxygen atoms in total. The van der Waals surface area contributed by atoms with Gasteiger partial charge in [0.25, 0.3) is 0 Å². The third-order valence-electron chi connectivity index (χ3n) is 0. The molecule has 0 aromatic carbocycles. The van der Waals surface area contributed by atoms with Crippen molar-refractivity contribution < 1.29 is 17.1 Å². The van der Waals surface area contributed by atoms with Crippen LogP contribution in [0.2, 0.25) is 0 Å². The molecule has 0 N–H and O–H groups in total. The fourth-order valence-corrected chi connectivity index (χ4v) is 0. The summed E-state index contributed by atoms with van der Waals surface area (Å²) in [6.45, 7) is 8.58. The molecule has 0 aliphatic carbocycles. The van der Waals surface area contributed by atoms with Crippen LogP contribution in [0.15, 0.2) is 0 Å². The SMILES string of the molecule is CC#N.CC#N.CC#N.CC#N.CC#N.CC#N.[Fe]. The van der Waals surface area contributed by atoms with Gasteiger partial charge in [0.15, 0.2) is 0 Å². The molecule has 0 bridgehead atoms. The van der Waals surface area contributed by atoms with Crippen molar-refractivity contribution in [3.63, 3.8) is 0 Å². The Morgan fingerprint density at radius 2 is 0.368 bits per heavy atom. The molecule has 0 rings (SSSR count). The maximum atomic E-state index is 7.32. The van der Waals surface area contributed by atoms with E-state index in [9.17, 15) is 0 Å². The minimum Gasteiger partial charge on any atom is -0.199 e. The van der Waals surface area contributed by atoms with E-state index in [1.807, 2.05) is 0 Å². The summed E-state index contributed by atoms with van der Waals surface area (Å²) < 4.78 is 0. The zero-order valence-electron chi connectivity index (χ0n) is 12.0. The van der Waals surface area contributed by atoms with Gasteiger partial charge < -0.3 is 0 Å². The second kappa shape index (κ2) is 270. The second-order valence-electron chi connectivity index (χ2n) is 1.34. The fraction of sp³-hybridized carbons (Fsp3) is 0.500. The first-order valence-corrected chi connectivity index (χ1v) is 4.34. The number of nitriles is 6. The molecule has 0 atom stereocenters. The molecule has 0 aliphatic heterocycles. The first kappa shape index (κ1) is 44.0. The first-order valence-electron chi connectivity index (χ1n) is 4.34. The van der Waals surface area contributed by atoms with E-state index in [2.05, 4.69) is 0 Å². The summed E-state index contributed by atoms with van der Waals surface area (Å²) in [5.41, 5.74) is 0. The van der Waals surface area contributed by atoms with E-state index >= 15 is 0 Å². The van der Waals surface area contributed by atoms with Gasteiger partial charge in [-0.2, -0.15) is 31.6 Å². The second-order valence-corrected chi connectivity index (χ2v) is 1.34. The Labute approximate surface area is 127 Å². The van der Waals surface area contributed by atoms with Crippen LogP contribution in [0.3, 0.4) is 0 Å². The molecule has 0 radical (unpaired) electrons. The summed E-state index contributed by atoms with van der Waals surface area (Å²) in [7, 11) is 0. The van der Waals surface area contributed by atoms with Crippen LogP contribution in [-0.2, 0) is 17.1 Å². The van der Waals surface area contributed by atoms with E-state index < -0.39 is 0 Å². The Morgan fingerprint density at radius 3 is 0.368 bits per heavy atom. The molecular weight excluding hydrogens is 284 g/mol. The van der Waals surface area contributed by atoms with Crippen molar-refractivity contribution >= 4 is 0 Å². The Morgan fingerprint density at radius 1 is 0.368 bits per heavy atom. The van der Waals surface area contributed by atoms with Gasteiger partial charge in [-0.3, -0.25) is 0 Å². The van der Waals surface area contributed by atoms with Gasteiger partial charge in [-0.1, -0.05) is 0 Å². The zero-order chi connectivity index (χ0) is 16.2. The predicted octanol–water partition coefficient (Wildman–Crippen LogP) is 3.18. The largest absolute Gasteiger partial charge is 0.199 e. The molecule has 0 aromatic heterocycles. The summed E-state index contributed by atoms with van der Waals surface area (Å²) in [4.78, 5) is 0. The van der Waals surface area contributed by atoms with Crippen molar-refractivity contribution in [3.05, 3.63) is 0 Å². The van der Waals surface area contributed by atoms with Crippen LogP contribution in [0, 0.1) is 68.0 Å². The van der Waals surface area contributed by atoms with Crippen LogP contribution in [0.4, 0.5) is 0 Å². The van der Waals surface area contributed by atoms with E-state index in [-0.39, 0.29) is 17.1 Å². The van der Waals surface area contributed by atoms with Crippen LogP contribution in [0.25, 0.3) is 0 Å². The van der Waals surface area contributed by atoms with Crippen LogP contribution in [0.1, 0.15) is 41.5 Å². The Hall–Kier alpha value is -2.54. The third-order valence-corrected chi connectivity index (χ3v) is 0. The van der Waals surface area contributed by atoms with E-state index in [0.717, 1.165) is 0 Å². The Balaban J connectivity index is -0.0000000180. The standard InChI is InChI=1S/6C2H3N.Fe/c6*1-2-3;/h6*1H3;. The Bertz CT molecular complexity index is 244. The molecule has 0 unspecified atom stereocenters. The molecule has 0 amide bonds. The molecule has 0 fully saturated rings. The predicted molar refractivity (Wildman–Crippen MR) is 67.7 cm³/mol. The molecule has 7 heteroatoms. The summed E-state index contributed by atoms with van der Waals surface area (Å²) in [5, 5.41) is 43.9. The van der Waals surface area contributed by atoms with Crippen molar-refractivity contribution in [2.45, 2.75) is 41.5 Å². The molecule has 0 heterocycles. The summed E-state index contributed by atoms with van der Waals surface area (Å²) in [6, 6.07) is 10.5. The quantitative estimate of drug-likeness (QED) is 0.628. The average molecular weight is 302 g/mol. The van der Waals surface area contributed by atoms with Crippen LogP contribution in [0.5, 0.6) is 0 Å². The monoisotopic (exact) mass is 302 g/mol. The zero-order valence-corrected chi connectivity index (χ0v) is 13.1. The number of rotatable bonds is 0. The van der Waals surface area contributed by atoms with Crippen molar-refractivity contribution in [1.82, 2.24) is 0 Å². The molecule has 0 saturated carbocycles. The van der Waals surface area contributed by atoms with Gasteiger partial charge in [0.1, 0.15) is 0 Å². The molecule has 0 aliphatic rings. The van der Waals surface area contributed by atoms with Gasteiger partial charge in [-0.25, -0.2) is 0 Å². The maximum absolute atomic E-state index is 7.32. The van der Waals surface area contributed by atoms with Crippen LogP contribution >= 0.6 is 0 Å². The average Bonchev–Trinajstić information content (AvgIpc) is 2.23. The minimum atomic E-state index is 0. The van der Waals surface area contributed by atoms with Crippen molar-refractivity contribution in [2.24, 2.45) is 0 Å². The summed E-state index contributed by atoms with van der Waals surface area (Å²) in [5.74, 6) is 0. The minimum absolute atomic E-state index is 0. The maximum Gasteiger partial charge on any atom is 0.0587 e. The van der Waals surface area contributed by atoms with Gasteiger partial charge in [0.05, 0.1) is 36.4 Å².